The minimum absolute atomic E-state index is 0.0418. The highest BCUT2D eigenvalue weighted by Gasteiger charge is 2.06. The van der Waals surface area contributed by atoms with Gasteiger partial charge < -0.3 is 10.3 Å². The lowest BCUT2D eigenvalue weighted by molar-refractivity contribution is 0.807. The highest BCUT2D eigenvalue weighted by atomic mass is 32.1. The predicted molar refractivity (Wildman–Crippen MR) is 73.1 cm³/mol. The van der Waals surface area contributed by atoms with Crippen LogP contribution in [-0.2, 0) is 6.54 Å². The van der Waals surface area contributed by atoms with Crippen LogP contribution in [0.25, 0.3) is 0 Å². The number of H-pyrrole nitrogens is 1. The molecule has 0 fully saturated rings. The molecule has 0 bridgehead atoms. The quantitative estimate of drug-likeness (QED) is 0.888. The molecule has 2 aromatic rings. The van der Waals surface area contributed by atoms with Crippen LogP contribution in [0.15, 0.2) is 16.2 Å². The lowest BCUT2D eigenvalue weighted by atomic mass is 10.1. The maximum Gasteiger partial charge on any atom is 0.304 e. The van der Waals surface area contributed by atoms with Gasteiger partial charge in [0.2, 0.25) is 5.95 Å². The smallest absolute Gasteiger partial charge is 0.304 e. The average Bonchev–Trinajstić information content (AvgIpc) is 2.72. The van der Waals surface area contributed by atoms with E-state index in [1.165, 1.54) is 0 Å². The summed E-state index contributed by atoms with van der Waals surface area (Å²) in [6.07, 6.45) is 0. The lowest BCUT2D eigenvalue weighted by Crippen LogP contribution is -2.08. The van der Waals surface area contributed by atoms with Gasteiger partial charge >= 0.3 is 4.87 Å². The first-order chi connectivity index (χ1) is 8.54. The van der Waals surface area contributed by atoms with E-state index >= 15 is 0 Å². The summed E-state index contributed by atoms with van der Waals surface area (Å²) >= 11 is 1.16. The Balaban J connectivity index is 2.11. The predicted octanol–water partition coefficient (Wildman–Crippen LogP) is 2.27. The van der Waals surface area contributed by atoms with Gasteiger partial charge in [-0.25, -0.2) is 9.97 Å². The third-order valence-electron chi connectivity index (χ3n) is 2.47. The van der Waals surface area contributed by atoms with E-state index in [1.807, 2.05) is 13.0 Å². The molecule has 0 saturated heterocycles. The maximum absolute atomic E-state index is 11.0. The number of anilines is 1. The van der Waals surface area contributed by atoms with Crippen LogP contribution in [0.5, 0.6) is 0 Å². The van der Waals surface area contributed by atoms with Crippen LogP contribution in [0.2, 0.25) is 0 Å². The molecule has 2 rings (SSSR count). The molecule has 0 aliphatic rings. The van der Waals surface area contributed by atoms with E-state index in [-0.39, 0.29) is 4.87 Å². The van der Waals surface area contributed by atoms with Crippen molar-refractivity contribution >= 4 is 17.3 Å². The normalized spacial score (nSPS) is 10.9. The van der Waals surface area contributed by atoms with Crippen LogP contribution in [-0.4, -0.2) is 15.0 Å². The van der Waals surface area contributed by atoms with Crippen LogP contribution >= 0.6 is 11.3 Å². The van der Waals surface area contributed by atoms with Gasteiger partial charge in [0.15, 0.2) is 0 Å². The maximum atomic E-state index is 11.0. The molecule has 0 aliphatic carbocycles. The van der Waals surface area contributed by atoms with Gasteiger partial charge in [-0.15, -0.1) is 0 Å². The molecule has 0 radical (unpaired) electrons. The number of aryl methyl sites for hydroxylation is 1. The molecule has 18 heavy (non-hydrogen) atoms. The molecule has 0 spiro atoms. The van der Waals surface area contributed by atoms with Crippen LogP contribution in [0, 0.1) is 6.92 Å². The number of aromatic amines is 1. The molecule has 6 heteroatoms. The van der Waals surface area contributed by atoms with Gasteiger partial charge in [0.05, 0.1) is 6.54 Å². The van der Waals surface area contributed by atoms with Crippen molar-refractivity contribution in [2.75, 3.05) is 5.32 Å². The molecular formula is C12H16N4OS. The molecule has 0 aromatic carbocycles. The molecule has 0 unspecified atom stereocenters. The van der Waals surface area contributed by atoms with Gasteiger partial charge in [-0.05, 0) is 18.9 Å². The Morgan fingerprint density at radius 3 is 2.83 bits per heavy atom. The SMILES string of the molecule is Cc1cc(C(C)C)nc(NCc2csc(=O)[nH]2)n1. The van der Waals surface area contributed by atoms with E-state index in [0.717, 1.165) is 28.4 Å². The third-order valence-corrected chi connectivity index (χ3v) is 3.19. The Morgan fingerprint density at radius 2 is 2.22 bits per heavy atom. The fraction of sp³-hybridized carbons (Fsp3) is 0.417. The van der Waals surface area contributed by atoms with Gasteiger partial charge in [0.1, 0.15) is 0 Å². The Hall–Kier alpha value is -1.69. The van der Waals surface area contributed by atoms with Crippen molar-refractivity contribution in [3.05, 3.63) is 38.2 Å². The molecule has 0 atom stereocenters. The van der Waals surface area contributed by atoms with Gasteiger partial charge in [0.25, 0.3) is 0 Å². The number of nitrogens with zero attached hydrogens (tertiary/aromatic N) is 2. The third kappa shape index (κ3) is 3.16. The monoisotopic (exact) mass is 264 g/mol. The van der Waals surface area contributed by atoms with Crippen molar-refractivity contribution in [1.29, 1.82) is 0 Å². The second kappa shape index (κ2) is 5.30. The summed E-state index contributed by atoms with van der Waals surface area (Å²) in [4.78, 5) is 22.5. The number of rotatable bonds is 4. The summed E-state index contributed by atoms with van der Waals surface area (Å²) < 4.78 is 0. The Kier molecular flexibility index (Phi) is 3.76. The second-order valence-electron chi connectivity index (χ2n) is 4.44. The first kappa shape index (κ1) is 12.8. The minimum Gasteiger partial charge on any atom is -0.349 e. The van der Waals surface area contributed by atoms with Crippen molar-refractivity contribution in [1.82, 2.24) is 15.0 Å². The first-order valence-electron chi connectivity index (χ1n) is 5.80. The van der Waals surface area contributed by atoms with Crippen molar-refractivity contribution in [2.45, 2.75) is 33.2 Å². The number of hydrogen-bond acceptors (Lipinski definition) is 5. The van der Waals surface area contributed by atoms with Gasteiger partial charge in [-0.1, -0.05) is 25.2 Å². The minimum atomic E-state index is -0.0418. The first-order valence-corrected chi connectivity index (χ1v) is 6.68. The zero-order valence-electron chi connectivity index (χ0n) is 10.7. The van der Waals surface area contributed by atoms with E-state index in [2.05, 4.69) is 34.1 Å². The fourth-order valence-corrected chi connectivity index (χ4v) is 2.12. The Labute approximate surface area is 109 Å². The number of hydrogen-bond donors (Lipinski definition) is 2. The van der Waals surface area contributed by atoms with Gasteiger partial charge in [0, 0.05) is 22.5 Å². The van der Waals surface area contributed by atoms with E-state index in [0.29, 0.717) is 18.4 Å². The zero-order chi connectivity index (χ0) is 13.1. The Morgan fingerprint density at radius 1 is 1.44 bits per heavy atom. The van der Waals surface area contributed by atoms with Crippen molar-refractivity contribution in [2.24, 2.45) is 0 Å². The molecule has 5 nitrogen and oxygen atoms in total. The summed E-state index contributed by atoms with van der Waals surface area (Å²) in [6.45, 7) is 6.68. The van der Waals surface area contributed by atoms with Crippen molar-refractivity contribution in [3.63, 3.8) is 0 Å². The molecule has 0 saturated carbocycles. The summed E-state index contributed by atoms with van der Waals surface area (Å²) in [6, 6.07) is 1.99. The summed E-state index contributed by atoms with van der Waals surface area (Å²) in [7, 11) is 0. The van der Waals surface area contributed by atoms with Crippen LogP contribution in [0.3, 0.4) is 0 Å². The standard InChI is InChI=1S/C12H16N4OS/c1-7(2)10-4-8(3)14-11(16-10)13-5-9-6-18-12(17)15-9/h4,6-7H,5H2,1-3H3,(H,15,17)(H,13,14,16). The number of aromatic nitrogens is 3. The highest BCUT2D eigenvalue weighted by Crippen LogP contribution is 2.14. The Bertz CT molecular complexity index is 588. The number of nitrogens with one attached hydrogen (secondary N) is 2. The molecular weight excluding hydrogens is 248 g/mol. The molecule has 2 heterocycles. The fourth-order valence-electron chi connectivity index (χ4n) is 1.54. The van der Waals surface area contributed by atoms with Gasteiger partial charge in [-0.3, -0.25) is 4.79 Å². The van der Waals surface area contributed by atoms with Crippen LogP contribution in [0.1, 0.15) is 36.8 Å². The lowest BCUT2D eigenvalue weighted by Gasteiger charge is -2.09. The molecule has 2 aromatic heterocycles. The number of thiazole rings is 1. The topological polar surface area (TPSA) is 70.7 Å². The molecule has 0 amide bonds. The van der Waals surface area contributed by atoms with Crippen molar-refractivity contribution < 1.29 is 0 Å². The highest BCUT2D eigenvalue weighted by molar-refractivity contribution is 7.07. The summed E-state index contributed by atoms with van der Waals surface area (Å²) in [5, 5.41) is 4.92. The summed E-state index contributed by atoms with van der Waals surface area (Å²) in [5.74, 6) is 0.971. The zero-order valence-corrected chi connectivity index (χ0v) is 11.5. The average molecular weight is 264 g/mol. The van der Waals surface area contributed by atoms with E-state index in [9.17, 15) is 4.79 Å². The molecule has 96 valence electrons. The van der Waals surface area contributed by atoms with E-state index in [1.54, 1.807) is 5.38 Å². The second-order valence-corrected chi connectivity index (χ2v) is 5.28. The van der Waals surface area contributed by atoms with Crippen LogP contribution in [0.4, 0.5) is 5.95 Å². The molecule has 0 aliphatic heterocycles. The van der Waals surface area contributed by atoms with Crippen LogP contribution < -0.4 is 10.2 Å². The van der Waals surface area contributed by atoms with Gasteiger partial charge in [-0.2, -0.15) is 0 Å². The molecule has 2 N–H and O–H groups in total. The summed E-state index contributed by atoms with van der Waals surface area (Å²) in [5.41, 5.74) is 2.81. The largest absolute Gasteiger partial charge is 0.349 e. The van der Waals surface area contributed by atoms with E-state index < -0.39 is 0 Å². The van der Waals surface area contributed by atoms with Crippen molar-refractivity contribution in [3.8, 4) is 0 Å². The van der Waals surface area contributed by atoms with E-state index in [4.69, 9.17) is 0 Å².